The summed E-state index contributed by atoms with van der Waals surface area (Å²) < 4.78 is 2.22. The Labute approximate surface area is 163 Å². The van der Waals surface area contributed by atoms with Crippen LogP contribution < -0.4 is 0 Å². The van der Waals surface area contributed by atoms with E-state index in [2.05, 4.69) is 45.8 Å². The van der Waals surface area contributed by atoms with Crippen molar-refractivity contribution in [2.24, 2.45) is 5.92 Å². The Morgan fingerprint density at radius 3 is 2.59 bits per heavy atom. The first-order valence-electron chi connectivity index (χ1n) is 9.95. The van der Waals surface area contributed by atoms with Crippen LogP contribution in [-0.2, 0) is 11.3 Å². The molecule has 0 unspecified atom stereocenters. The number of likely N-dealkylation sites (tertiary alicyclic amines) is 1. The number of amides is 1. The number of carbonyl (C=O) groups is 1. The molecule has 1 aliphatic rings. The lowest BCUT2D eigenvalue weighted by Crippen LogP contribution is -2.44. The molecule has 146 valence electrons. The summed E-state index contributed by atoms with van der Waals surface area (Å²) in [6.07, 6.45) is 7.26. The number of likely N-dealkylation sites (N-methyl/N-ethyl adjacent to an activating group) is 1. The van der Waals surface area contributed by atoms with Crippen molar-refractivity contribution >= 4 is 5.91 Å². The van der Waals surface area contributed by atoms with Crippen molar-refractivity contribution in [3.05, 3.63) is 53.6 Å². The number of hydrogen-bond donors (Lipinski definition) is 0. The van der Waals surface area contributed by atoms with Crippen LogP contribution in [0.25, 0.3) is 0 Å². The maximum Gasteiger partial charge on any atom is 0.244 e. The van der Waals surface area contributed by atoms with Crippen LogP contribution in [0.4, 0.5) is 0 Å². The van der Waals surface area contributed by atoms with Crippen LogP contribution in [0.5, 0.6) is 0 Å². The van der Waals surface area contributed by atoms with E-state index in [0.717, 1.165) is 50.3 Å². The fraction of sp³-hybridized carbons (Fsp3) is 0.545. The summed E-state index contributed by atoms with van der Waals surface area (Å²) in [5.41, 5.74) is 2.28. The second kappa shape index (κ2) is 8.70. The number of nitrogens with zero attached hydrogens (tertiary/aromatic N) is 4. The minimum atomic E-state index is -0.199. The molecule has 1 aromatic heterocycles. The average Bonchev–Trinajstić information content (AvgIpc) is 3.05. The van der Waals surface area contributed by atoms with Gasteiger partial charge in [0.2, 0.25) is 5.91 Å². The van der Waals surface area contributed by atoms with Crippen LogP contribution in [-0.4, -0.2) is 52.4 Å². The van der Waals surface area contributed by atoms with E-state index in [1.165, 1.54) is 5.56 Å². The normalized spacial score (nSPS) is 16.7. The van der Waals surface area contributed by atoms with E-state index in [1.54, 1.807) is 0 Å². The Balaban J connectivity index is 1.57. The first-order chi connectivity index (χ1) is 13.0. The first-order valence-corrected chi connectivity index (χ1v) is 9.95. The molecule has 5 heteroatoms. The van der Waals surface area contributed by atoms with Crippen molar-refractivity contribution in [2.75, 3.05) is 27.2 Å². The van der Waals surface area contributed by atoms with Crippen molar-refractivity contribution in [1.29, 1.82) is 0 Å². The largest absolute Gasteiger partial charge is 0.341 e. The second-order valence-electron chi connectivity index (χ2n) is 8.01. The standard InChI is InChI=1S/C22H32N4O/c1-17-6-5-7-20(16-17)21(24(3)4)22(27)26-13-9-19(10-14-26)8-12-25-15-11-23-18(25)2/h5-7,11,15-16,19,21H,8-10,12-14H2,1-4H3/t21-/m0/s1. The molecule has 2 aromatic rings. The van der Waals surface area contributed by atoms with Crippen LogP contribution in [0.2, 0.25) is 0 Å². The van der Waals surface area contributed by atoms with Gasteiger partial charge in [-0.05, 0) is 58.7 Å². The van der Waals surface area contributed by atoms with Crippen LogP contribution in [0.15, 0.2) is 36.7 Å². The lowest BCUT2D eigenvalue weighted by atomic mass is 9.92. The maximum absolute atomic E-state index is 13.2. The Kier molecular flexibility index (Phi) is 6.32. The maximum atomic E-state index is 13.2. The summed E-state index contributed by atoms with van der Waals surface area (Å²) in [7, 11) is 3.98. The fourth-order valence-corrected chi connectivity index (χ4v) is 4.08. The Morgan fingerprint density at radius 2 is 2.00 bits per heavy atom. The quantitative estimate of drug-likeness (QED) is 0.784. The molecular formula is C22H32N4O. The SMILES string of the molecule is Cc1cccc([C@@H](C(=O)N2CCC(CCn3ccnc3C)CC2)N(C)C)c1. The molecule has 0 radical (unpaired) electrons. The van der Waals surface area contributed by atoms with Gasteiger partial charge in [0, 0.05) is 32.0 Å². The molecule has 27 heavy (non-hydrogen) atoms. The number of rotatable bonds is 6. The number of aryl methyl sites for hydroxylation is 3. The lowest BCUT2D eigenvalue weighted by Gasteiger charge is -2.36. The van der Waals surface area contributed by atoms with E-state index in [0.29, 0.717) is 5.92 Å². The molecular weight excluding hydrogens is 336 g/mol. The van der Waals surface area contributed by atoms with Crippen molar-refractivity contribution in [1.82, 2.24) is 19.4 Å². The Bertz CT molecular complexity index is 759. The summed E-state index contributed by atoms with van der Waals surface area (Å²) in [6, 6.07) is 8.11. The van der Waals surface area contributed by atoms with Crippen molar-refractivity contribution < 1.29 is 4.79 Å². The zero-order valence-corrected chi connectivity index (χ0v) is 17.1. The van der Waals surface area contributed by atoms with Gasteiger partial charge in [0.05, 0.1) is 0 Å². The minimum Gasteiger partial charge on any atom is -0.341 e. The van der Waals surface area contributed by atoms with Crippen LogP contribution in [0, 0.1) is 19.8 Å². The zero-order chi connectivity index (χ0) is 19.4. The van der Waals surface area contributed by atoms with Gasteiger partial charge >= 0.3 is 0 Å². The number of benzene rings is 1. The third-order valence-electron chi connectivity index (χ3n) is 5.74. The van der Waals surface area contributed by atoms with Crippen LogP contribution in [0.3, 0.4) is 0 Å². The van der Waals surface area contributed by atoms with E-state index < -0.39 is 0 Å². The molecule has 0 N–H and O–H groups in total. The van der Waals surface area contributed by atoms with E-state index in [1.807, 2.05) is 38.2 Å². The van der Waals surface area contributed by atoms with Gasteiger partial charge in [-0.1, -0.05) is 29.8 Å². The molecule has 2 heterocycles. The summed E-state index contributed by atoms with van der Waals surface area (Å²) in [4.78, 5) is 21.6. The predicted molar refractivity (Wildman–Crippen MR) is 108 cm³/mol. The molecule has 3 rings (SSSR count). The zero-order valence-electron chi connectivity index (χ0n) is 17.1. The topological polar surface area (TPSA) is 41.4 Å². The Hall–Kier alpha value is -2.14. The minimum absolute atomic E-state index is 0.199. The highest BCUT2D eigenvalue weighted by atomic mass is 16.2. The summed E-state index contributed by atoms with van der Waals surface area (Å²) >= 11 is 0. The summed E-state index contributed by atoms with van der Waals surface area (Å²) in [6.45, 7) is 6.88. The van der Waals surface area contributed by atoms with E-state index in [9.17, 15) is 4.79 Å². The highest BCUT2D eigenvalue weighted by molar-refractivity contribution is 5.83. The molecule has 1 amide bonds. The molecule has 1 fully saturated rings. The van der Waals surface area contributed by atoms with E-state index in [4.69, 9.17) is 0 Å². The molecule has 0 aliphatic carbocycles. The molecule has 0 spiro atoms. The van der Waals surface area contributed by atoms with Gasteiger partial charge in [-0.3, -0.25) is 9.69 Å². The van der Waals surface area contributed by atoms with E-state index in [-0.39, 0.29) is 11.9 Å². The molecule has 5 nitrogen and oxygen atoms in total. The van der Waals surface area contributed by atoms with Gasteiger partial charge in [0.15, 0.2) is 0 Å². The molecule has 0 saturated carbocycles. The van der Waals surface area contributed by atoms with Crippen molar-refractivity contribution in [3.8, 4) is 0 Å². The third-order valence-corrected chi connectivity index (χ3v) is 5.74. The monoisotopic (exact) mass is 368 g/mol. The first kappa shape index (κ1) is 19.6. The van der Waals surface area contributed by atoms with Crippen LogP contribution >= 0.6 is 0 Å². The van der Waals surface area contributed by atoms with Crippen molar-refractivity contribution in [3.63, 3.8) is 0 Å². The van der Waals surface area contributed by atoms with Gasteiger partial charge in [-0.2, -0.15) is 0 Å². The number of hydrogen-bond acceptors (Lipinski definition) is 3. The van der Waals surface area contributed by atoms with Crippen molar-refractivity contribution in [2.45, 2.75) is 45.7 Å². The summed E-state index contributed by atoms with van der Waals surface area (Å²) in [5, 5.41) is 0. The third kappa shape index (κ3) is 4.78. The lowest BCUT2D eigenvalue weighted by molar-refractivity contribution is -0.137. The van der Waals surface area contributed by atoms with E-state index >= 15 is 0 Å². The van der Waals surface area contributed by atoms with Gasteiger partial charge in [-0.25, -0.2) is 4.98 Å². The molecule has 1 atom stereocenters. The van der Waals surface area contributed by atoms with Gasteiger partial charge in [-0.15, -0.1) is 0 Å². The Morgan fingerprint density at radius 1 is 1.26 bits per heavy atom. The number of piperidine rings is 1. The smallest absolute Gasteiger partial charge is 0.244 e. The number of aromatic nitrogens is 2. The van der Waals surface area contributed by atoms with Crippen LogP contribution in [0.1, 0.15) is 42.3 Å². The molecule has 1 aliphatic heterocycles. The predicted octanol–water partition coefficient (Wildman–Crippen LogP) is 3.43. The second-order valence-corrected chi connectivity index (χ2v) is 8.01. The van der Waals surface area contributed by atoms with Gasteiger partial charge < -0.3 is 9.47 Å². The highest BCUT2D eigenvalue weighted by Crippen LogP contribution is 2.27. The number of imidazole rings is 1. The molecule has 1 aromatic carbocycles. The fourth-order valence-electron chi connectivity index (χ4n) is 4.08. The highest BCUT2D eigenvalue weighted by Gasteiger charge is 2.30. The number of carbonyl (C=O) groups excluding carboxylic acids is 1. The molecule has 0 bridgehead atoms. The van der Waals surface area contributed by atoms with Gasteiger partial charge in [0.1, 0.15) is 11.9 Å². The average molecular weight is 369 g/mol. The molecule has 1 saturated heterocycles. The van der Waals surface area contributed by atoms with Gasteiger partial charge in [0.25, 0.3) is 0 Å². The summed E-state index contributed by atoms with van der Waals surface area (Å²) in [5.74, 6) is 2.00.